The molecule has 2 aromatic carbocycles. The molecule has 196 valence electrons. The first-order valence-corrected chi connectivity index (χ1v) is 14.6. The van der Waals surface area contributed by atoms with Crippen LogP contribution < -0.4 is 0 Å². The lowest BCUT2D eigenvalue weighted by Gasteiger charge is -2.34. The van der Waals surface area contributed by atoms with Gasteiger partial charge in [0.05, 0.1) is 22.9 Å². The third-order valence-corrected chi connectivity index (χ3v) is 9.54. The topological polar surface area (TPSA) is 101 Å². The molecule has 37 heavy (non-hydrogen) atoms. The van der Waals surface area contributed by atoms with Crippen molar-refractivity contribution < 1.29 is 18.1 Å². The van der Waals surface area contributed by atoms with Gasteiger partial charge in [0.2, 0.25) is 15.9 Å². The molecule has 1 amide bonds. The zero-order chi connectivity index (χ0) is 26.4. The van der Waals surface area contributed by atoms with Gasteiger partial charge in [-0.3, -0.25) is 14.9 Å². The van der Waals surface area contributed by atoms with E-state index in [1.807, 2.05) is 49.4 Å². The molecule has 0 bridgehead atoms. The normalized spacial score (nSPS) is 14.5. The van der Waals surface area contributed by atoms with Crippen molar-refractivity contribution in [2.45, 2.75) is 63.1 Å². The fraction of sp³-hybridized carbons (Fsp3) is 0.370. The minimum atomic E-state index is -4.05. The molecule has 1 aliphatic rings. The maximum absolute atomic E-state index is 13.8. The quantitative estimate of drug-likeness (QED) is 0.249. The molecular weight excluding hydrogens is 510 g/mol. The van der Waals surface area contributed by atoms with Crippen molar-refractivity contribution in [2.24, 2.45) is 0 Å². The smallest absolute Gasteiger partial charge is 0.269 e. The molecule has 0 aliphatic heterocycles. The van der Waals surface area contributed by atoms with Crippen molar-refractivity contribution in [2.75, 3.05) is 6.54 Å². The second-order valence-electron chi connectivity index (χ2n) is 9.34. The number of amides is 1. The van der Waals surface area contributed by atoms with Gasteiger partial charge in [0.25, 0.3) is 5.69 Å². The zero-order valence-corrected chi connectivity index (χ0v) is 22.4. The molecule has 1 aromatic heterocycles. The molecule has 3 aromatic rings. The number of rotatable bonds is 10. The maximum atomic E-state index is 13.8. The predicted molar refractivity (Wildman–Crippen MR) is 144 cm³/mol. The number of nitro benzene ring substituents is 1. The van der Waals surface area contributed by atoms with Crippen LogP contribution in [-0.4, -0.2) is 41.0 Å². The molecule has 0 unspecified atom stereocenters. The maximum Gasteiger partial charge on any atom is 0.269 e. The third kappa shape index (κ3) is 6.82. The molecule has 1 heterocycles. The van der Waals surface area contributed by atoms with Crippen LogP contribution in [0.4, 0.5) is 5.69 Å². The number of sulfonamides is 1. The van der Waals surface area contributed by atoms with E-state index in [0.29, 0.717) is 25.9 Å². The molecule has 0 radical (unpaired) electrons. The number of carbonyl (C=O) groups excluding carboxylic acids is 1. The third-order valence-electron chi connectivity index (χ3n) is 6.64. The van der Waals surface area contributed by atoms with Crippen LogP contribution in [0.2, 0.25) is 0 Å². The first-order valence-electron chi connectivity index (χ1n) is 12.4. The summed E-state index contributed by atoms with van der Waals surface area (Å²) in [6.45, 7) is 2.50. The number of thiophene rings is 1. The number of aryl methyl sites for hydroxylation is 1. The highest BCUT2D eigenvalue weighted by molar-refractivity contribution is 7.89. The Morgan fingerprint density at radius 1 is 0.973 bits per heavy atom. The van der Waals surface area contributed by atoms with Crippen LogP contribution in [0, 0.1) is 17.0 Å². The Bertz CT molecular complexity index is 1320. The summed E-state index contributed by atoms with van der Waals surface area (Å²) in [5, 5.41) is 11.1. The van der Waals surface area contributed by atoms with Gasteiger partial charge in [-0.15, -0.1) is 11.3 Å². The van der Waals surface area contributed by atoms with Crippen LogP contribution in [0.1, 0.15) is 47.4 Å². The van der Waals surface area contributed by atoms with E-state index in [1.165, 1.54) is 28.6 Å². The van der Waals surface area contributed by atoms with Gasteiger partial charge in [0, 0.05) is 34.5 Å². The minimum absolute atomic E-state index is 0.0417. The Kier molecular flexibility index (Phi) is 8.73. The summed E-state index contributed by atoms with van der Waals surface area (Å²) >= 11 is 1.62. The van der Waals surface area contributed by atoms with E-state index in [4.69, 9.17) is 0 Å². The van der Waals surface area contributed by atoms with Crippen LogP contribution in [0.15, 0.2) is 71.6 Å². The first kappa shape index (κ1) is 27.0. The number of hydrogen-bond acceptors (Lipinski definition) is 6. The van der Waals surface area contributed by atoms with Crippen LogP contribution in [0.25, 0.3) is 0 Å². The van der Waals surface area contributed by atoms with Gasteiger partial charge < -0.3 is 4.90 Å². The number of nitro groups is 1. The highest BCUT2D eigenvalue weighted by Gasteiger charge is 2.35. The van der Waals surface area contributed by atoms with Gasteiger partial charge >= 0.3 is 0 Å². The van der Waals surface area contributed by atoms with Gasteiger partial charge in [-0.2, -0.15) is 4.31 Å². The van der Waals surface area contributed by atoms with E-state index in [1.54, 1.807) is 16.2 Å². The second kappa shape index (κ2) is 12.0. The number of benzene rings is 2. The Morgan fingerprint density at radius 3 is 2.24 bits per heavy atom. The van der Waals surface area contributed by atoms with Crippen molar-refractivity contribution >= 4 is 33.0 Å². The lowest BCUT2D eigenvalue weighted by molar-refractivity contribution is -0.384. The molecule has 4 rings (SSSR count). The van der Waals surface area contributed by atoms with E-state index in [9.17, 15) is 23.3 Å². The van der Waals surface area contributed by atoms with Crippen LogP contribution >= 0.6 is 11.3 Å². The van der Waals surface area contributed by atoms with E-state index >= 15 is 0 Å². The molecule has 10 heteroatoms. The molecule has 1 fully saturated rings. The molecule has 0 N–H and O–H groups in total. The van der Waals surface area contributed by atoms with Crippen LogP contribution in [-0.2, 0) is 27.9 Å². The van der Waals surface area contributed by atoms with E-state index in [0.717, 1.165) is 34.6 Å². The Morgan fingerprint density at radius 2 is 1.65 bits per heavy atom. The Balaban J connectivity index is 1.63. The summed E-state index contributed by atoms with van der Waals surface area (Å²) in [4.78, 5) is 28.1. The summed E-state index contributed by atoms with van der Waals surface area (Å²) < 4.78 is 28.9. The Labute approximate surface area is 221 Å². The average molecular weight is 542 g/mol. The fourth-order valence-electron chi connectivity index (χ4n) is 4.68. The standard InChI is InChI=1S/C27H31N3O5S2/c1-21-12-15-25(36-21)19-28(18-22-8-4-2-5-9-22)27(31)20-29(23-10-6-3-7-11-23)37(34,35)26-16-13-24(14-17-26)30(32)33/h2,4-5,8-9,12-17,23H,3,6-7,10-11,18-20H2,1H3. The molecule has 0 atom stereocenters. The summed E-state index contributed by atoms with van der Waals surface area (Å²) in [5.41, 5.74) is 0.783. The number of carbonyl (C=O) groups is 1. The van der Waals surface area contributed by atoms with E-state index in [2.05, 4.69) is 0 Å². The van der Waals surface area contributed by atoms with Crippen molar-refractivity contribution in [3.8, 4) is 0 Å². The molecule has 0 saturated heterocycles. The number of hydrogen-bond donors (Lipinski definition) is 0. The number of non-ortho nitro benzene ring substituents is 1. The van der Waals surface area contributed by atoms with Crippen LogP contribution in [0.5, 0.6) is 0 Å². The van der Waals surface area contributed by atoms with E-state index < -0.39 is 14.9 Å². The van der Waals surface area contributed by atoms with Crippen molar-refractivity contribution in [3.05, 3.63) is 92.2 Å². The minimum Gasteiger partial charge on any atom is -0.332 e. The molecule has 1 saturated carbocycles. The van der Waals surface area contributed by atoms with Gasteiger partial charge in [-0.1, -0.05) is 49.6 Å². The predicted octanol–water partition coefficient (Wildman–Crippen LogP) is 5.52. The summed E-state index contributed by atoms with van der Waals surface area (Å²) in [6.07, 6.45) is 4.19. The van der Waals surface area contributed by atoms with Gasteiger partial charge in [-0.25, -0.2) is 8.42 Å². The first-order chi connectivity index (χ1) is 17.7. The summed E-state index contributed by atoms with van der Waals surface area (Å²) in [5.74, 6) is -0.272. The van der Waals surface area contributed by atoms with Gasteiger partial charge in [0.15, 0.2) is 0 Å². The summed E-state index contributed by atoms with van der Waals surface area (Å²) in [7, 11) is -4.05. The van der Waals surface area contributed by atoms with Crippen LogP contribution in [0.3, 0.4) is 0 Å². The fourth-order valence-corrected chi connectivity index (χ4v) is 7.22. The highest BCUT2D eigenvalue weighted by atomic mass is 32.2. The largest absolute Gasteiger partial charge is 0.332 e. The highest BCUT2D eigenvalue weighted by Crippen LogP contribution is 2.29. The SMILES string of the molecule is Cc1ccc(CN(Cc2ccccc2)C(=O)CN(C2CCCCC2)S(=O)(=O)c2ccc([N+](=O)[O-])cc2)s1. The van der Waals surface area contributed by atoms with Gasteiger partial charge in [0.1, 0.15) is 0 Å². The summed E-state index contributed by atoms with van der Waals surface area (Å²) in [6, 6.07) is 18.3. The molecule has 0 spiro atoms. The molecule has 1 aliphatic carbocycles. The van der Waals surface area contributed by atoms with Crippen molar-refractivity contribution in [1.82, 2.24) is 9.21 Å². The zero-order valence-electron chi connectivity index (χ0n) is 20.8. The average Bonchev–Trinajstić information content (AvgIpc) is 3.32. The van der Waals surface area contributed by atoms with Crippen molar-refractivity contribution in [3.63, 3.8) is 0 Å². The second-order valence-corrected chi connectivity index (χ2v) is 12.6. The Hall–Kier alpha value is -3.08. The van der Waals surface area contributed by atoms with Gasteiger partial charge in [-0.05, 0) is 49.6 Å². The van der Waals surface area contributed by atoms with Crippen molar-refractivity contribution in [1.29, 1.82) is 0 Å². The lowest BCUT2D eigenvalue weighted by atomic mass is 9.95. The molecular formula is C27H31N3O5S2. The lowest BCUT2D eigenvalue weighted by Crippen LogP contribution is -2.47. The molecule has 8 nitrogen and oxygen atoms in total. The monoisotopic (exact) mass is 541 g/mol. The van der Waals surface area contributed by atoms with E-state index in [-0.39, 0.29) is 29.1 Å². The number of nitrogens with zero attached hydrogens (tertiary/aromatic N) is 3.